The highest BCUT2D eigenvalue weighted by Gasteiger charge is 2.27. The molecule has 0 radical (unpaired) electrons. The van der Waals surface area contributed by atoms with E-state index in [1.54, 1.807) is 7.05 Å². The summed E-state index contributed by atoms with van der Waals surface area (Å²) in [7, 11) is 1.77. The lowest BCUT2D eigenvalue weighted by Crippen LogP contribution is -2.37. The summed E-state index contributed by atoms with van der Waals surface area (Å²) in [5.41, 5.74) is 0.254. The maximum Gasteiger partial charge on any atom is 0.282 e. The van der Waals surface area contributed by atoms with Crippen molar-refractivity contribution in [3.05, 3.63) is 5.01 Å². The van der Waals surface area contributed by atoms with Crippen LogP contribution in [-0.4, -0.2) is 29.7 Å². The number of anilines is 1. The van der Waals surface area contributed by atoms with Gasteiger partial charge in [-0.3, -0.25) is 4.79 Å². The Morgan fingerprint density at radius 2 is 2.06 bits per heavy atom. The average molecular weight is 268 g/mol. The number of nitrogens with one attached hydrogen (secondary N) is 2. The second-order valence-electron chi connectivity index (χ2n) is 5.22. The highest BCUT2D eigenvalue weighted by molar-refractivity contribution is 7.17. The Morgan fingerprint density at radius 1 is 1.33 bits per heavy atom. The molecule has 18 heavy (non-hydrogen) atoms. The van der Waals surface area contributed by atoms with Gasteiger partial charge in [-0.05, 0) is 18.3 Å². The highest BCUT2D eigenvalue weighted by Crippen LogP contribution is 2.34. The SMILES string of the molecule is CNc1nnc(C(=O)NCC2(C)CCCCC2)s1. The van der Waals surface area contributed by atoms with E-state index in [1.807, 2.05) is 0 Å². The molecule has 1 aromatic heterocycles. The molecule has 1 aliphatic rings. The molecule has 0 unspecified atom stereocenters. The second kappa shape index (κ2) is 5.65. The Bertz CT molecular complexity index is 412. The quantitative estimate of drug-likeness (QED) is 0.879. The Hall–Kier alpha value is -1.17. The topological polar surface area (TPSA) is 66.9 Å². The molecule has 1 heterocycles. The van der Waals surface area contributed by atoms with E-state index >= 15 is 0 Å². The van der Waals surface area contributed by atoms with Gasteiger partial charge in [0.1, 0.15) is 0 Å². The highest BCUT2D eigenvalue weighted by atomic mass is 32.1. The lowest BCUT2D eigenvalue weighted by molar-refractivity contribution is 0.0918. The minimum atomic E-state index is -0.110. The van der Waals surface area contributed by atoms with Crippen molar-refractivity contribution in [3.8, 4) is 0 Å². The summed E-state index contributed by atoms with van der Waals surface area (Å²) in [6, 6.07) is 0. The third kappa shape index (κ3) is 3.19. The van der Waals surface area contributed by atoms with Crippen LogP contribution in [0, 0.1) is 5.41 Å². The predicted octanol–water partition coefficient (Wildman–Crippen LogP) is 2.28. The number of rotatable bonds is 4. The van der Waals surface area contributed by atoms with Crippen molar-refractivity contribution >= 4 is 22.4 Å². The van der Waals surface area contributed by atoms with Crippen molar-refractivity contribution in [2.75, 3.05) is 18.9 Å². The first-order chi connectivity index (χ1) is 8.63. The standard InChI is InChI=1S/C12H20N4OS/c1-12(6-4-3-5-7-12)8-14-9(17)10-15-16-11(13-2)18-10/h3-8H2,1-2H3,(H,13,16)(H,14,17). The van der Waals surface area contributed by atoms with Crippen molar-refractivity contribution < 1.29 is 4.79 Å². The van der Waals surface area contributed by atoms with Crippen molar-refractivity contribution in [2.24, 2.45) is 5.41 Å². The van der Waals surface area contributed by atoms with Gasteiger partial charge in [0, 0.05) is 13.6 Å². The van der Waals surface area contributed by atoms with Crippen LogP contribution in [-0.2, 0) is 0 Å². The second-order valence-corrected chi connectivity index (χ2v) is 6.19. The van der Waals surface area contributed by atoms with Crippen molar-refractivity contribution in [1.82, 2.24) is 15.5 Å². The molecular formula is C12H20N4OS. The molecule has 0 spiro atoms. The van der Waals surface area contributed by atoms with E-state index in [0.717, 1.165) is 6.54 Å². The van der Waals surface area contributed by atoms with Gasteiger partial charge in [0.25, 0.3) is 5.91 Å². The summed E-state index contributed by atoms with van der Waals surface area (Å²) in [6.45, 7) is 2.99. The van der Waals surface area contributed by atoms with Gasteiger partial charge >= 0.3 is 0 Å². The molecule has 0 atom stereocenters. The molecule has 0 aliphatic heterocycles. The maximum absolute atomic E-state index is 11.9. The summed E-state index contributed by atoms with van der Waals surface area (Å²) in [4.78, 5) is 11.9. The minimum Gasteiger partial charge on any atom is -0.363 e. The average Bonchev–Trinajstić information content (AvgIpc) is 2.86. The fraction of sp³-hybridized carbons (Fsp3) is 0.750. The molecule has 1 saturated carbocycles. The smallest absolute Gasteiger partial charge is 0.282 e. The van der Waals surface area contributed by atoms with Crippen LogP contribution < -0.4 is 10.6 Å². The zero-order valence-electron chi connectivity index (χ0n) is 11.0. The first-order valence-electron chi connectivity index (χ1n) is 6.42. The molecule has 0 saturated heterocycles. The van der Waals surface area contributed by atoms with Gasteiger partial charge in [0.15, 0.2) is 0 Å². The van der Waals surface area contributed by atoms with E-state index < -0.39 is 0 Å². The lowest BCUT2D eigenvalue weighted by Gasteiger charge is -2.33. The van der Waals surface area contributed by atoms with E-state index in [9.17, 15) is 4.79 Å². The van der Waals surface area contributed by atoms with Gasteiger partial charge in [-0.25, -0.2) is 0 Å². The zero-order valence-corrected chi connectivity index (χ0v) is 11.8. The minimum absolute atomic E-state index is 0.110. The van der Waals surface area contributed by atoms with Crippen LogP contribution in [0.5, 0.6) is 0 Å². The Balaban J connectivity index is 1.87. The largest absolute Gasteiger partial charge is 0.363 e. The molecule has 1 amide bonds. The molecule has 1 aromatic rings. The molecule has 2 rings (SSSR count). The van der Waals surface area contributed by atoms with Crippen LogP contribution in [0.3, 0.4) is 0 Å². The summed E-state index contributed by atoms with van der Waals surface area (Å²) in [6.07, 6.45) is 6.27. The Morgan fingerprint density at radius 3 is 2.67 bits per heavy atom. The Labute approximate surface area is 111 Å². The van der Waals surface area contributed by atoms with Crippen LogP contribution in [0.1, 0.15) is 48.8 Å². The van der Waals surface area contributed by atoms with E-state index in [0.29, 0.717) is 10.1 Å². The molecule has 1 aliphatic carbocycles. The molecule has 0 bridgehead atoms. The first-order valence-corrected chi connectivity index (χ1v) is 7.24. The Kier molecular flexibility index (Phi) is 4.16. The third-order valence-corrected chi connectivity index (χ3v) is 4.51. The summed E-state index contributed by atoms with van der Waals surface area (Å²) < 4.78 is 0. The number of amides is 1. The van der Waals surface area contributed by atoms with Crippen LogP contribution in [0.25, 0.3) is 0 Å². The molecule has 6 heteroatoms. The number of carbonyl (C=O) groups is 1. The number of carbonyl (C=O) groups excluding carboxylic acids is 1. The summed E-state index contributed by atoms with van der Waals surface area (Å²) in [5, 5.41) is 14.7. The molecule has 2 N–H and O–H groups in total. The van der Waals surface area contributed by atoms with E-state index in [2.05, 4.69) is 27.8 Å². The molecule has 0 aromatic carbocycles. The van der Waals surface area contributed by atoms with Crippen LogP contribution >= 0.6 is 11.3 Å². The van der Waals surface area contributed by atoms with Gasteiger partial charge in [-0.15, -0.1) is 10.2 Å². The van der Waals surface area contributed by atoms with Crippen molar-refractivity contribution in [2.45, 2.75) is 39.0 Å². The monoisotopic (exact) mass is 268 g/mol. The lowest BCUT2D eigenvalue weighted by atomic mass is 9.76. The number of hydrogen-bond acceptors (Lipinski definition) is 5. The van der Waals surface area contributed by atoms with Crippen LogP contribution in [0.4, 0.5) is 5.13 Å². The van der Waals surface area contributed by atoms with Crippen LogP contribution in [0.15, 0.2) is 0 Å². The van der Waals surface area contributed by atoms with Crippen LogP contribution in [0.2, 0.25) is 0 Å². The third-order valence-electron chi connectivity index (χ3n) is 3.57. The number of nitrogens with zero attached hydrogens (tertiary/aromatic N) is 2. The van der Waals surface area contributed by atoms with E-state index in [1.165, 1.54) is 43.4 Å². The molecular weight excluding hydrogens is 248 g/mol. The predicted molar refractivity (Wildman–Crippen MR) is 73.0 cm³/mol. The van der Waals surface area contributed by atoms with E-state index in [4.69, 9.17) is 0 Å². The molecule has 1 fully saturated rings. The van der Waals surface area contributed by atoms with Crippen molar-refractivity contribution in [3.63, 3.8) is 0 Å². The fourth-order valence-corrected chi connectivity index (χ4v) is 2.98. The normalized spacial score (nSPS) is 18.3. The molecule has 5 nitrogen and oxygen atoms in total. The van der Waals surface area contributed by atoms with Gasteiger partial charge in [0.05, 0.1) is 0 Å². The number of aromatic nitrogens is 2. The summed E-state index contributed by atoms with van der Waals surface area (Å²) >= 11 is 1.28. The van der Waals surface area contributed by atoms with Crippen molar-refractivity contribution in [1.29, 1.82) is 0 Å². The summed E-state index contributed by atoms with van der Waals surface area (Å²) in [5.74, 6) is -0.110. The molecule has 100 valence electrons. The van der Waals surface area contributed by atoms with Gasteiger partial charge < -0.3 is 10.6 Å². The van der Waals surface area contributed by atoms with Gasteiger partial charge in [0.2, 0.25) is 10.1 Å². The first kappa shape index (κ1) is 13.3. The van der Waals surface area contributed by atoms with Gasteiger partial charge in [-0.1, -0.05) is 37.5 Å². The van der Waals surface area contributed by atoms with Gasteiger partial charge in [-0.2, -0.15) is 0 Å². The zero-order chi connectivity index (χ0) is 13.0. The van der Waals surface area contributed by atoms with E-state index in [-0.39, 0.29) is 11.3 Å². The fourth-order valence-electron chi connectivity index (χ4n) is 2.37. The maximum atomic E-state index is 11.9. The number of hydrogen-bond donors (Lipinski definition) is 2.